The lowest BCUT2D eigenvalue weighted by molar-refractivity contribution is 0.142. The fraction of sp³-hybridized carbons (Fsp3) is 0.600. The van der Waals surface area contributed by atoms with Crippen LogP contribution in [-0.4, -0.2) is 11.2 Å². The Hall–Kier alpha value is -0.560. The van der Waals surface area contributed by atoms with E-state index in [2.05, 4.69) is 24.3 Å². The minimum atomic E-state index is -0.0591. The maximum atomic E-state index is 9.64. The topological polar surface area (TPSA) is 20.2 Å². The zero-order valence-corrected chi connectivity index (χ0v) is 6.35. The molecule has 1 nitrogen and oxygen atoms in total. The van der Waals surface area contributed by atoms with E-state index in [9.17, 15) is 5.11 Å². The Morgan fingerprint density at radius 2 is 1.91 bits per heavy atom. The van der Waals surface area contributed by atoms with E-state index in [0.717, 1.165) is 12.3 Å². The van der Waals surface area contributed by atoms with Gasteiger partial charge in [-0.25, -0.2) is 0 Å². The van der Waals surface area contributed by atoms with Crippen LogP contribution in [0, 0.1) is 23.7 Å². The molecule has 0 radical (unpaired) electrons. The second-order valence-electron chi connectivity index (χ2n) is 3.97. The molecule has 1 saturated carbocycles. The van der Waals surface area contributed by atoms with Gasteiger partial charge in [0, 0.05) is 5.92 Å². The number of hydrogen-bond donors (Lipinski definition) is 1. The molecule has 3 aliphatic carbocycles. The molecule has 11 heavy (non-hydrogen) atoms. The summed E-state index contributed by atoms with van der Waals surface area (Å²) in [5, 5.41) is 9.64. The summed E-state index contributed by atoms with van der Waals surface area (Å²) in [5.74, 6) is 2.53. The molecule has 58 valence electrons. The van der Waals surface area contributed by atoms with Gasteiger partial charge in [-0.3, -0.25) is 0 Å². The first kappa shape index (κ1) is 6.01. The van der Waals surface area contributed by atoms with Crippen molar-refractivity contribution in [2.75, 3.05) is 0 Å². The van der Waals surface area contributed by atoms with Crippen LogP contribution in [-0.2, 0) is 0 Å². The van der Waals surface area contributed by atoms with Crippen LogP contribution in [0.25, 0.3) is 0 Å². The van der Waals surface area contributed by atoms with Gasteiger partial charge in [-0.15, -0.1) is 0 Å². The van der Waals surface area contributed by atoms with Crippen LogP contribution >= 0.6 is 0 Å². The molecule has 0 bridgehead atoms. The number of rotatable bonds is 0. The van der Waals surface area contributed by atoms with Crippen LogP contribution in [0.3, 0.4) is 0 Å². The molecule has 3 aliphatic rings. The molecular weight excluding hydrogens is 136 g/mol. The first-order chi connectivity index (χ1) is 5.36. The Morgan fingerprint density at radius 1 is 1.09 bits per heavy atom. The third-order valence-corrected chi connectivity index (χ3v) is 3.48. The van der Waals surface area contributed by atoms with Crippen molar-refractivity contribution in [2.45, 2.75) is 12.5 Å². The van der Waals surface area contributed by atoms with Crippen molar-refractivity contribution in [3.05, 3.63) is 24.3 Å². The third-order valence-electron chi connectivity index (χ3n) is 3.48. The molecule has 0 aromatic carbocycles. The van der Waals surface area contributed by atoms with Crippen LogP contribution in [0.5, 0.6) is 0 Å². The van der Waals surface area contributed by atoms with Gasteiger partial charge in [-0.05, 0) is 24.2 Å². The largest absolute Gasteiger partial charge is 0.392 e. The van der Waals surface area contributed by atoms with E-state index in [4.69, 9.17) is 0 Å². The van der Waals surface area contributed by atoms with Crippen LogP contribution in [0.2, 0.25) is 0 Å². The number of allylic oxidation sites excluding steroid dienone is 3. The first-order valence-corrected chi connectivity index (χ1v) is 4.41. The van der Waals surface area contributed by atoms with E-state index < -0.39 is 0 Å². The van der Waals surface area contributed by atoms with Crippen LogP contribution in [0.4, 0.5) is 0 Å². The van der Waals surface area contributed by atoms with Crippen molar-refractivity contribution in [2.24, 2.45) is 23.7 Å². The predicted molar refractivity (Wildman–Crippen MR) is 42.9 cm³/mol. The zero-order valence-electron chi connectivity index (χ0n) is 6.35. The minimum absolute atomic E-state index is 0.0591. The fourth-order valence-corrected chi connectivity index (χ4v) is 2.99. The minimum Gasteiger partial charge on any atom is -0.392 e. The lowest BCUT2D eigenvalue weighted by atomic mass is 9.90. The van der Waals surface area contributed by atoms with Gasteiger partial charge in [0.25, 0.3) is 0 Å². The molecule has 1 N–H and O–H groups in total. The number of aliphatic hydroxyl groups excluding tert-OH is 1. The summed E-state index contributed by atoms with van der Waals surface area (Å²) in [6, 6.07) is 0. The standard InChI is InChI=1S/C10H12O/c11-9-5-7-2-1-6-3-4-8(9)10(6)7/h1-4,6-11H,5H2/t6?,7?,8?,9-,10?/m1/s1. The molecule has 1 heteroatoms. The quantitative estimate of drug-likeness (QED) is 0.514. The van der Waals surface area contributed by atoms with Crippen LogP contribution in [0.15, 0.2) is 24.3 Å². The average Bonchev–Trinajstić information content (AvgIpc) is 2.53. The molecule has 0 spiro atoms. The zero-order chi connectivity index (χ0) is 7.42. The van der Waals surface area contributed by atoms with Gasteiger partial charge in [0.2, 0.25) is 0 Å². The van der Waals surface area contributed by atoms with Crippen LogP contribution < -0.4 is 0 Å². The highest BCUT2D eigenvalue weighted by Gasteiger charge is 2.47. The van der Waals surface area contributed by atoms with E-state index in [1.807, 2.05) is 0 Å². The van der Waals surface area contributed by atoms with Crippen molar-refractivity contribution in [1.29, 1.82) is 0 Å². The summed E-state index contributed by atoms with van der Waals surface area (Å²) in [7, 11) is 0. The van der Waals surface area contributed by atoms with E-state index in [1.165, 1.54) is 0 Å². The van der Waals surface area contributed by atoms with Crippen molar-refractivity contribution >= 4 is 0 Å². The Morgan fingerprint density at radius 3 is 2.82 bits per heavy atom. The Balaban J connectivity index is 2.04. The lowest BCUT2D eigenvalue weighted by Crippen LogP contribution is -2.15. The van der Waals surface area contributed by atoms with Gasteiger partial charge in [0.05, 0.1) is 6.10 Å². The van der Waals surface area contributed by atoms with Crippen LogP contribution in [0.1, 0.15) is 6.42 Å². The second kappa shape index (κ2) is 1.78. The Kier molecular flexibility index (Phi) is 0.972. The fourth-order valence-electron chi connectivity index (χ4n) is 2.99. The number of hydrogen-bond acceptors (Lipinski definition) is 1. The van der Waals surface area contributed by atoms with E-state index in [0.29, 0.717) is 17.8 Å². The van der Waals surface area contributed by atoms with Crippen molar-refractivity contribution in [3.63, 3.8) is 0 Å². The van der Waals surface area contributed by atoms with E-state index >= 15 is 0 Å². The lowest BCUT2D eigenvalue weighted by Gasteiger charge is -2.14. The van der Waals surface area contributed by atoms with Gasteiger partial charge >= 0.3 is 0 Å². The van der Waals surface area contributed by atoms with Gasteiger partial charge in [0.15, 0.2) is 0 Å². The molecular formula is C10H12O. The molecule has 0 aromatic rings. The molecule has 0 aromatic heterocycles. The van der Waals surface area contributed by atoms with E-state index in [-0.39, 0.29) is 6.10 Å². The molecule has 0 heterocycles. The summed E-state index contributed by atoms with van der Waals surface area (Å²) in [5.41, 5.74) is 0. The summed E-state index contributed by atoms with van der Waals surface area (Å²) < 4.78 is 0. The summed E-state index contributed by atoms with van der Waals surface area (Å²) in [6.07, 6.45) is 10.0. The Bertz CT molecular complexity index is 241. The number of aliphatic hydroxyl groups is 1. The highest BCUT2D eigenvalue weighted by Crippen LogP contribution is 2.51. The van der Waals surface area contributed by atoms with Gasteiger partial charge in [-0.1, -0.05) is 24.3 Å². The highest BCUT2D eigenvalue weighted by atomic mass is 16.3. The van der Waals surface area contributed by atoms with Crippen molar-refractivity contribution in [1.82, 2.24) is 0 Å². The molecule has 1 fully saturated rings. The molecule has 0 saturated heterocycles. The third kappa shape index (κ3) is 0.603. The van der Waals surface area contributed by atoms with E-state index in [1.54, 1.807) is 0 Å². The van der Waals surface area contributed by atoms with Gasteiger partial charge in [0.1, 0.15) is 0 Å². The molecule has 4 unspecified atom stereocenters. The SMILES string of the molecule is O[C@@H]1CC2C=CC3C=CC1C32. The molecule has 3 rings (SSSR count). The molecule has 0 aliphatic heterocycles. The van der Waals surface area contributed by atoms with Crippen molar-refractivity contribution in [3.8, 4) is 0 Å². The summed E-state index contributed by atoms with van der Waals surface area (Å²) in [4.78, 5) is 0. The monoisotopic (exact) mass is 148 g/mol. The average molecular weight is 148 g/mol. The summed E-state index contributed by atoms with van der Waals surface area (Å²) >= 11 is 0. The van der Waals surface area contributed by atoms with Crippen molar-refractivity contribution < 1.29 is 5.11 Å². The van der Waals surface area contributed by atoms with Gasteiger partial charge < -0.3 is 5.11 Å². The Labute approximate surface area is 66.4 Å². The molecule has 0 amide bonds. The first-order valence-electron chi connectivity index (χ1n) is 4.41. The highest BCUT2D eigenvalue weighted by molar-refractivity contribution is 5.26. The molecule has 5 atom stereocenters. The predicted octanol–water partition coefficient (Wildman–Crippen LogP) is 1.36. The maximum absolute atomic E-state index is 9.64. The van der Waals surface area contributed by atoms with Gasteiger partial charge in [-0.2, -0.15) is 0 Å². The maximum Gasteiger partial charge on any atom is 0.0611 e. The normalized spacial score (nSPS) is 57.4. The second-order valence-corrected chi connectivity index (χ2v) is 3.97. The smallest absolute Gasteiger partial charge is 0.0611 e. The summed E-state index contributed by atoms with van der Waals surface area (Å²) in [6.45, 7) is 0.